The molecule has 0 saturated carbocycles. The molecule has 5 nitrogen and oxygen atoms in total. The number of rotatable bonds is 7. The molecule has 0 aliphatic carbocycles. The van der Waals surface area contributed by atoms with Gasteiger partial charge in [0.1, 0.15) is 6.61 Å². The van der Waals surface area contributed by atoms with E-state index in [-0.39, 0.29) is 0 Å². The van der Waals surface area contributed by atoms with Crippen LogP contribution >= 0.6 is 0 Å². The highest BCUT2D eigenvalue weighted by molar-refractivity contribution is 5.78. The lowest BCUT2D eigenvalue weighted by atomic mass is 10.2. The summed E-state index contributed by atoms with van der Waals surface area (Å²) in [4.78, 5) is 8.58. The van der Waals surface area contributed by atoms with Crippen molar-refractivity contribution in [3.8, 4) is 5.88 Å². The molecule has 0 atom stereocenters. The smallest absolute Gasteiger partial charge is 0.218 e. The van der Waals surface area contributed by atoms with Crippen molar-refractivity contribution >= 4 is 5.96 Å². The number of nitrogens with one attached hydrogen (secondary N) is 1. The molecule has 0 radical (unpaired) electrons. The first-order chi connectivity index (χ1) is 11.1. The van der Waals surface area contributed by atoms with Gasteiger partial charge >= 0.3 is 0 Å². The fourth-order valence-corrected chi connectivity index (χ4v) is 1.87. The van der Waals surface area contributed by atoms with E-state index in [1.807, 2.05) is 49.4 Å². The van der Waals surface area contributed by atoms with Crippen LogP contribution in [0.25, 0.3) is 0 Å². The lowest BCUT2D eigenvalue weighted by molar-refractivity contribution is 0.290. The van der Waals surface area contributed by atoms with Gasteiger partial charge < -0.3 is 15.8 Å². The van der Waals surface area contributed by atoms with Gasteiger partial charge in [0.25, 0.3) is 0 Å². The molecule has 0 aliphatic rings. The standard InChI is InChI=1S/C18H22N4O/c1-14(2)11-21-18(19)22-12-16-9-6-10-20-17(16)23-13-15-7-4-3-5-8-15/h3-10H,1,11-13H2,2H3,(H3,19,21,22). The molecule has 120 valence electrons. The van der Waals surface area contributed by atoms with Gasteiger partial charge in [-0.25, -0.2) is 9.98 Å². The zero-order valence-corrected chi connectivity index (χ0v) is 13.3. The molecular formula is C18H22N4O. The summed E-state index contributed by atoms with van der Waals surface area (Å²) in [5.41, 5.74) is 8.80. The van der Waals surface area contributed by atoms with Crippen LogP contribution in [-0.4, -0.2) is 17.5 Å². The van der Waals surface area contributed by atoms with E-state index in [4.69, 9.17) is 10.5 Å². The molecule has 0 saturated heterocycles. The van der Waals surface area contributed by atoms with Crippen LogP contribution in [0.15, 0.2) is 65.8 Å². The third-order valence-corrected chi connectivity index (χ3v) is 3.06. The Balaban J connectivity index is 1.97. The van der Waals surface area contributed by atoms with Gasteiger partial charge in [-0.05, 0) is 18.6 Å². The molecule has 0 aliphatic heterocycles. The van der Waals surface area contributed by atoms with Crippen molar-refractivity contribution in [3.05, 3.63) is 71.9 Å². The topological polar surface area (TPSA) is 72.5 Å². The lowest BCUT2D eigenvalue weighted by Crippen LogP contribution is -2.32. The van der Waals surface area contributed by atoms with Crippen molar-refractivity contribution in [1.82, 2.24) is 10.3 Å². The minimum atomic E-state index is 0.380. The summed E-state index contributed by atoms with van der Waals surface area (Å²) < 4.78 is 5.80. The Morgan fingerprint density at radius 1 is 1.26 bits per heavy atom. The maximum absolute atomic E-state index is 5.82. The average Bonchev–Trinajstić information content (AvgIpc) is 2.58. The summed E-state index contributed by atoms with van der Waals surface area (Å²) in [5, 5.41) is 3.00. The van der Waals surface area contributed by atoms with Gasteiger partial charge in [-0.3, -0.25) is 0 Å². The van der Waals surface area contributed by atoms with Gasteiger partial charge in [0.2, 0.25) is 5.88 Å². The number of aliphatic imine (C=N–C) groups is 1. The van der Waals surface area contributed by atoms with Gasteiger partial charge in [0.05, 0.1) is 6.54 Å². The number of aromatic nitrogens is 1. The van der Waals surface area contributed by atoms with Crippen LogP contribution in [0.3, 0.4) is 0 Å². The van der Waals surface area contributed by atoms with Crippen LogP contribution in [0.2, 0.25) is 0 Å². The summed E-state index contributed by atoms with van der Waals surface area (Å²) >= 11 is 0. The van der Waals surface area contributed by atoms with Crippen molar-refractivity contribution in [2.45, 2.75) is 20.1 Å². The summed E-state index contributed by atoms with van der Waals surface area (Å²) in [6.07, 6.45) is 1.70. The SMILES string of the molecule is C=C(C)CNC(N)=NCc1cccnc1OCc1ccccc1. The number of nitrogens with zero attached hydrogens (tertiary/aromatic N) is 2. The molecule has 0 unspecified atom stereocenters. The minimum absolute atomic E-state index is 0.380. The third kappa shape index (κ3) is 5.82. The first-order valence-electron chi connectivity index (χ1n) is 7.44. The van der Waals surface area contributed by atoms with E-state index in [0.717, 1.165) is 16.7 Å². The summed E-state index contributed by atoms with van der Waals surface area (Å²) in [7, 11) is 0. The zero-order chi connectivity index (χ0) is 16.5. The average molecular weight is 310 g/mol. The van der Waals surface area contributed by atoms with E-state index in [1.54, 1.807) is 6.20 Å². The summed E-state index contributed by atoms with van der Waals surface area (Å²) in [6, 6.07) is 13.8. The molecule has 0 bridgehead atoms. The van der Waals surface area contributed by atoms with Crippen molar-refractivity contribution in [1.29, 1.82) is 0 Å². The molecule has 1 aromatic carbocycles. The van der Waals surface area contributed by atoms with E-state index in [1.165, 1.54) is 0 Å². The van der Waals surface area contributed by atoms with Crippen molar-refractivity contribution in [3.63, 3.8) is 0 Å². The number of nitrogens with two attached hydrogens (primary N) is 1. The molecule has 23 heavy (non-hydrogen) atoms. The summed E-state index contributed by atoms with van der Waals surface area (Å²) in [6.45, 7) is 7.23. The second kappa shape index (κ2) is 8.58. The van der Waals surface area contributed by atoms with E-state index in [9.17, 15) is 0 Å². The Bertz CT molecular complexity index is 668. The van der Waals surface area contributed by atoms with Crippen molar-refractivity contribution < 1.29 is 4.74 Å². The second-order valence-electron chi connectivity index (χ2n) is 5.25. The molecule has 2 rings (SSSR count). The van der Waals surface area contributed by atoms with Gasteiger partial charge in [0, 0.05) is 18.3 Å². The number of hydrogen-bond donors (Lipinski definition) is 2. The number of hydrogen-bond acceptors (Lipinski definition) is 3. The Hall–Kier alpha value is -2.82. The Morgan fingerprint density at radius 2 is 2.04 bits per heavy atom. The molecule has 5 heteroatoms. The second-order valence-corrected chi connectivity index (χ2v) is 5.25. The molecule has 0 amide bonds. The fraction of sp³-hybridized carbons (Fsp3) is 0.222. The van der Waals surface area contributed by atoms with Crippen molar-refractivity contribution in [2.75, 3.05) is 6.54 Å². The highest BCUT2D eigenvalue weighted by atomic mass is 16.5. The van der Waals surface area contributed by atoms with Crippen LogP contribution in [0.1, 0.15) is 18.1 Å². The predicted molar refractivity (Wildman–Crippen MR) is 93.2 cm³/mol. The highest BCUT2D eigenvalue weighted by Crippen LogP contribution is 2.17. The van der Waals surface area contributed by atoms with Crippen molar-refractivity contribution in [2.24, 2.45) is 10.7 Å². The van der Waals surface area contributed by atoms with Gasteiger partial charge in [-0.15, -0.1) is 0 Å². The maximum Gasteiger partial charge on any atom is 0.218 e. The number of pyridine rings is 1. The molecule has 0 spiro atoms. The monoisotopic (exact) mass is 310 g/mol. The molecular weight excluding hydrogens is 288 g/mol. The Labute approximate surface area is 136 Å². The highest BCUT2D eigenvalue weighted by Gasteiger charge is 2.05. The van der Waals surface area contributed by atoms with Crippen LogP contribution in [0.4, 0.5) is 0 Å². The van der Waals surface area contributed by atoms with Crippen LogP contribution in [0.5, 0.6) is 5.88 Å². The first-order valence-corrected chi connectivity index (χ1v) is 7.44. The molecule has 1 aromatic heterocycles. The van der Waals surface area contributed by atoms with Crippen LogP contribution in [0, 0.1) is 0 Å². The molecule has 1 heterocycles. The van der Waals surface area contributed by atoms with E-state index < -0.39 is 0 Å². The quantitative estimate of drug-likeness (QED) is 0.468. The van der Waals surface area contributed by atoms with Gasteiger partial charge in [0.15, 0.2) is 5.96 Å². The normalized spacial score (nSPS) is 11.1. The van der Waals surface area contributed by atoms with Gasteiger partial charge in [-0.2, -0.15) is 0 Å². The number of ether oxygens (including phenoxy) is 1. The van der Waals surface area contributed by atoms with Crippen LogP contribution in [-0.2, 0) is 13.2 Å². The van der Waals surface area contributed by atoms with Gasteiger partial charge in [-0.1, -0.05) is 48.6 Å². The predicted octanol–water partition coefficient (Wildman–Crippen LogP) is 2.64. The first kappa shape index (κ1) is 16.5. The van der Waals surface area contributed by atoms with E-state index >= 15 is 0 Å². The third-order valence-electron chi connectivity index (χ3n) is 3.06. The fourth-order valence-electron chi connectivity index (χ4n) is 1.87. The zero-order valence-electron chi connectivity index (χ0n) is 13.3. The molecule has 2 aromatic rings. The Morgan fingerprint density at radius 3 is 2.78 bits per heavy atom. The summed E-state index contributed by atoms with van der Waals surface area (Å²) in [5.74, 6) is 0.957. The number of guanidine groups is 1. The molecule has 3 N–H and O–H groups in total. The maximum atomic E-state index is 5.82. The Kier molecular flexibility index (Phi) is 6.17. The van der Waals surface area contributed by atoms with E-state index in [0.29, 0.717) is 31.5 Å². The van der Waals surface area contributed by atoms with E-state index in [2.05, 4.69) is 21.9 Å². The minimum Gasteiger partial charge on any atom is -0.473 e. The van der Waals surface area contributed by atoms with Crippen LogP contribution < -0.4 is 15.8 Å². The largest absolute Gasteiger partial charge is 0.473 e. The number of benzene rings is 1. The molecule has 0 fully saturated rings. The lowest BCUT2D eigenvalue weighted by Gasteiger charge is -2.09.